The molecule has 1 heterocycles. The Morgan fingerprint density at radius 1 is 0.738 bits per heavy atom. The Labute approximate surface area is 378 Å². The molecule has 0 aromatic heterocycles. The van der Waals surface area contributed by atoms with E-state index in [4.69, 9.17) is 18.9 Å². The number of rotatable bonds is 15. The van der Waals surface area contributed by atoms with Gasteiger partial charge >= 0.3 is 18.0 Å². The van der Waals surface area contributed by atoms with Crippen molar-refractivity contribution >= 4 is 29.8 Å². The van der Waals surface area contributed by atoms with Gasteiger partial charge in [-0.1, -0.05) is 133 Å². The summed E-state index contributed by atoms with van der Waals surface area (Å²) in [5, 5.41) is 18.3. The van der Waals surface area contributed by atoms with Gasteiger partial charge in [0.15, 0.2) is 6.04 Å². The summed E-state index contributed by atoms with van der Waals surface area (Å²) < 4.78 is 22.7. The molecule has 336 valence electrons. The summed E-state index contributed by atoms with van der Waals surface area (Å²) in [6, 6.07) is 38.8. The number of esters is 2. The maximum Gasteiger partial charge on any atom is 0.407 e. The lowest BCUT2D eigenvalue weighted by Gasteiger charge is -2.23. The molecule has 2 aliphatic rings. The molecule has 4 N–H and O–H groups in total. The fraction of sp³-hybridized carbons (Fsp3) is 0.288. The highest BCUT2D eigenvalue weighted by molar-refractivity contribution is 5.90. The second-order valence-corrected chi connectivity index (χ2v) is 16.1. The van der Waals surface area contributed by atoms with Crippen LogP contribution in [0.3, 0.4) is 0 Å². The zero-order chi connectivity index (χ0) is 45.4. The summed E-state index contributed by atoms with van der Waals surface area (Å²) in [6.45, 7) is -0.597. The van der Waals surface area contributed by atoms with Crippen LogP contribution in [0.4, 0.5) is 4.79 Å². The summed E-state index contributed by atoms with van der Waals surface area (Å²) in [6.07, 6.45) is 3.25. The molecule has 0 saturated carbocycles. The first kappa shape index (κ1) is 45.8. The molecule has 1 aliphatic heterocycles. The van der Waals surface area contributed by atoms with Crippen LogP contribution in [0.5, 0.6) is 5.75 Å². The van der Waals surface area contributed by atoms with Gasteiger partial charge in [0, 0.05) is 12.3 Å². The van der Waals surface area contributed by atoms with E-state index in [-0.39, 0.29) is 45.0 Å². The van der Waals surface area contributed by atoms with Crippen LogP contribution >= 0.6 is 0 Å². The fourth-order valence-electron chi connectivity index (χ4n) is 7.93. The molecule has 0 saturated heterocycles. The number of hydrogen-bond donors (Lipinski definition) is 4. The first-order chi connectivity index (χ1) is 31.7. The van der Waals surface area contributed by atoms with Gasteiger partial charge in [0.05, 0.1) is 18.6 Å². The summed E-state index contributed by atoms with van der Waals surface area (Å²) in [7, 11) is 0. The predicted molar refractivity (Wildman–Crippen MR) is 242 cm³/mol. The van der Waals surface area contributed by atoms with Crippen LogP contribution in [0, 0.1) is 5.92 Å². The Hall–Kier alpha value is -7.25. The quantitative estimate of drug-likeness (QED) is 0.0502. The zero-order valence-electron chi connectivity index (χ0n) is 35.9. The number of cyclic esters (lactones) is 1. The second-order valence-electron chi connectivity index (χ2n) is 16.1. The van der Waals surface area contributed by atoms with E-state index in [1.807, 2.05) is 109 Å². The minimum atomic E-state index is -1.44. The van der Waals surface area contributed by atoms with Gasteiger partial charge in [-0.05, 0) is 76.8 Å². The number of carbonyl (C=O) groups excluding carboxylic acids is 5. The number of aliphatic hydroxyl groups excluding tert-OH is 1. The van der Waals surface area contributed by atoms with Crippen LogP contribution in [0.2, 0.25) is 0 Å². The van der Waals surface area contributed by atoms with E-state index in [0.29, 0.717) is 30.8 Å². The van der Waals surface area contributed by atoms with Gasteiger partial charge in [-0.15, -0.1) is 0 Å². The zero-order valence-corrected chi connectivity index (χ0v) is 35.9. The number of amides is 3. The lowest BCUT2D eigenvalue weighted by atomic mass is 9.97. The van der Waals surface area contributed by atoms with Gasteiger partial charge in [-0.2, -0.15) is 0 Å². The van der Waals surface area contributed by atoms with Crippen LogP contribution in [-0.2, 0) is 53.0 Å². The minimum absolute atomic E-state index is 0.0367. The molecular formula is C52H53N3O10. The standard InChI is InChI=1S/C52H53N3O10/c56-30-39(28-35-24-26-40(27-25-35)62-31-36-14-4-1-5-15-36)53-48(57)29-38-18-8-3-9-23-46(50(59)64-34-47(54-49(38)58)51(60)63-32-37-16-6-2-7-17-37)55-52(61)65-33-45-43-21-12-10-19-41(43)42-20-11-13-22-44(42)45/h1-8,10-17,19-22,24-27,38-39,45-47,56H,9,18,23,28-34H2,(H,53,57)(H,54,58)(H,55,61). The minimum Gasteiger partial charge on any atom is -0.489 e. The van der Waals surface area contributed by atoms with Gasteiger partial charge in [-0.25, -0.2) is 14.4 Å². The Balaban J connectivity index is 0.983. The predicted octanol–water partition coefficient (Wildman–Crippen LogP) is 6.71. The molecule has 0 bridgehead atoms. The third-order valence-corrected chi connectivity index (χ3v) is 11.4. The number of allylic oxidation sites excluding steroid dienone is 2. The first-order valence-electron chi connectivity index (χ1n) is 21.8. The van der Waals surface area contributed by atoms with E-state index in [1.165, 1.54) is 0 Å². The van der Waals surface area contributed by atoms with Crippen molar-refractivity contribution in [3.05, 3.63) is 173 Å². The largest absolute Gasteiger partial charge is 0.489 e. The van der Waals surface area contributed by atoms with Crippen LogP contribution in [0.1, 0.15) is 59.4 Å². The molecule has 0 spiro atoms. The Morgan fingerprint density at radius 2 is 1.37 bits per heavy atom. The Kier molecular flexibility index (Phi) is 16.1. The molecule has 7 rings (SSSR count). The topological polar surface area (TPSA) is 179 Å². The van der Waals surface area contributed by atoms with Gasteiger partial charge < -0.3 is 40.0 Å². The molecule has 1 aliphatic carbocycles. The number of nitrogens with one attached hydrogen (secondary N) is 3. The average Bonchev–Trinajstić information content (AvgIpc) is 3.66. The number of alkyl carbamates (subject to hydrolysis) is 1. The van der Waals surface area contributed by atoms with E-state index >= 15 is 0 Å². The smallest absolute Gasteiger partial charge is 0.407 e. The molecule has 0 fully saturated rings. The van der Waals surface area contributed by atoms with Crippen molar-refractivity contribution in [3.8, 4) is 16.9 Å². The number of benzene rings is 5. The number of fused-ring (bicyclic) bond motifs is 3. The van der Waals surface area contributed by atoms with E-state index in [9.17, 15) is 29.1 Å². The molecule has 65 heavy (non-hydrogen) atoms. The monoisotopic (exact) mass is 879 g/mol. The van der Waals surface area contributed by atoms with Crippen LogP contribution in [-0.4, -0.2) is 72.9 Å². The van der Waals surface area contributed by atoms with Crippen molar-refractivity contribution in [3.63, 3.8) is 0 Å². The van der Waals surface area contributed by atoms with Crippen LogP contribution in [0.25, 0.3) is 11.1 Å². The summed E-state index contributed by atoms with van der Waals surface area (Å²) in [5.41, 5.74) is 6.83. The van der Waals surface area contributed by atoms with E-state index in [2.05, 4.69) is 16.0 Å². The fourth-order valence-corrected chi connectivity index (χ4v) is 7.93. The van der Waals surface area contributed by atoms with Gasteiger partial charge in [0.25, 0.3) is 0 Å². The highest BCUT2D eigenvalue weighted by atomic mass is 16.6. The molecule has 5 aromatic carbocycles. The van der Waals surface area contributed by atoms with Crippen molar-refractivity contribution in [2.45, 2.75) is 69.4 Å². The maximum absolute atomic E-state index is 13.9. The SMILES string of the molecule is O=C(CC1CC=CCCC(NC(=O)OCC2c3ccccc3-c3ccccc32)C(=O)OCC(C(=O)OCc2ccccc2)NC1=O)NC(CO)Cc1ccc(OCc2ccccc2)cc1. The molecule has 4 atom stereocenters. The number of hydrogen-bond acceptors (Lipinski definition) is 10. The van der Waals surface area contributed by atoms with Crippen LogP contribution < -0.4 is 20.7 Å². The molecule has 4 unspecified atom stereocenters. The maximum atomic E-state index is 13.9. The van der Waals surface area contributed by atoms with E-state index in [1.54, 1.807) is 36.4 Å². The number of carbonyl (C=O) groups is 5. The normalized spacial score (nSPS) is 17.9. The van der Waals surface area contributed by atoms with Crippen molar-refractivity contribution in [2.75, 3.05) is 19.8 Å². The highest BCUT2D eigenvalue weighted by Crippen LogP contribution is 2.44. The van der Waals surface area contributed by atoms with E-state index in [0.717, 1.165) is 33.4 Å². The molecular weight excluding hydrogens is 827 g/mol. The number of aliphatic hydroxyl groups is 1. The van der Waals surface area contributed by atoms with Crippen molar-refractivity contribution < 1.29 is 48.0 Å². The molecule has 5 aromatic rings. The highest BCUT2D eigenvalue weighted by Gasteiger charge is 2.33. The Bertz CT molecular complexity index is 2380. The second kappa shape index (κ2) is 22.9. The third kappa shape index (κ3) is 12.9. The summed E-state index contributed by atoms with van der Waals surface area (Å²) in [4.78, 5) is 67.7. The molecule has 0 radical (unpaired) electrons. The summed E-state index contributed by atoms with van der Waals surface area (Å²) in [5.74, 6) is -3.26. The van der Waals surface area contributed by atoms with Gasteiger partial charge in [0.1, 0.15) is 38.2 Å². The number of ether oxygens (including phenoxy) is 4. The van der Waals surface area contributed by atoms with Gasteiger partial charge in [-0.3, -0.25) is 9.59 Å². The molecule has 13 nitrogen and oxygen atoms in total. The Morgan fingerprint density at radius 3 is 2.03 bits per heavy atom. The first-order valence-corrected chi connectivity index (χ1v) is 21.8. The van der Waals surface area contributed by atoms with Crippen molar-refractivity contribution in [2.24, 2.45) is 5.92 Å². The lowest BCUT2D eigenvalue weighted by Crippen LogP contribution is -2.49. The van der Waals surface area contributed by atoms with Crippen molar-refractivity contribution in [1.29, 1.82) is 0 Å². The van der Waals surface area contributed by atoms with Crippen molar-refractivity contribution in [1.82, 2.24) is 16.0 Å². The van der Waals surface area contributed by atoms with E-state index < -0.39 is 60.5 Å². The van der Waals surface area contributed by atoms with Gasteiger partial charge in [0.2, 0.25) is 11.8 Å². The molecule has 13 heteroatoms. The summed E-state index contributed by atoms with van der Waals surface area (Å²) >= 11 is 0. The third-order valence-electron chi connectivity index (χ3n) is 11.4. The molecule has 3 amide bonds. The lowest BCUT2D eigenvalue weighted by molar-refractivity contribution is -0.156. The average molecular weight is 880 g/mol. The van der Waals surface area contributed by atoms with Crippen LogP contribution in [0.15, 0.2) is 146 Å².